The van der Waals surface area contributed by atoms with Crippen molar-refractivity contribution in [3.63, 3.8) is 0 Å². The van der Waals surface area contributed by atoms with Crippen molar-refractivity contribution in [2.45, 2.75) is 50.7 Å². The summed E-state index contributed by atoms with van der Waals surface area (Å²) in [6.07, 6.45) is 5.73. The molecular weight excluding hydrogens is 350 g/mol. The number of nitrogens with zero attached hydrogens (tertiary/aromatic N) is 3. The van der Waals surface area contributed by atoms with Crippen molar-refractivity contribution in [2.24, 2.45) is 17.3 Å². The number of piperazine rings is 1. The number of rotatable bonds is 3. The van der Waals surface area contributed by atoms with Gasteiger partial charge in [0.05, 0.1) is 22.6 Å². The Morgan fingerprint density at radius 2 is 1.71 bits per heavy atom. The van der Waals surface area contributed by atoms with Crippen LogP contribution in [-0.4, -0.2) is 52.6 Å². The van der Waals surface area contributed by atoms with Crippen molar-refractivity contribution in [3.05, 3.63) is 35.4 Å². The van der Waals surface area contributed by atoms with Crippen LogP contribution >= 0.6 is 0 Å². The van der Waals surface area contributed by atoms with Crippen LogP contribution in [0.3, 0.4) is 0 Å². The third kappa shape index (κ3) is 3.13. The van der Waals surface area contributed by atoms with E-state index in [0.717, 1.165) is 58.4 Å². The van der Waals surface area contributed by atoms with Crippen molar-refractivity contribution in [1.82, 2.24) is 9.80 Å². The Hall–Kier alpha value is -1.90. The van der Waals surface area contributed by atoms with E-state index in [0.29, 0.717) is 29.7 Å². The van der Waals surface area contributed by atoms with Gasteiger partial charge < -0.3 is 10.0 Å². The zero-order chi connectivity index (χ0) is 19.4. The van der Waals surface area contributed by atoms with E-state index in [-0.39, 0.29) is 5.41 Å². The molecule has 5 nitrogen and oxygen atoms in total. The minimum atomic E-state index is -0.572. The van der Waals surface area contributed by atoms with Gasteiger partial charge in [-0.15, -0.1) is 0 Å². The second kappa shape index (κ2) is 6.57. The van der Waals surface area contributed by atoms with Gasteiger partial charge in [-0.25, -0.2) is 0 Å². The molecule has 5 aliphatic rings. The third-order valence-electron chi connectivity index (χ3n) is 7.63. The summed E-state index contributed by atoms with van der Waals surface area (Å²) < 4.78 is 0. The molecule has 4 aliphatic carbocycles. The SMILES string of the molecule is N#Cc1ccc(CN2CCN(C(=O)C34CC5CC(CC(O)(C5)C3)C4)CC2)cc1. The Morgan fingerprint density at radius 3 is 2.29 bits per heavy atom. The van der Waals surface area contributed by atoms with Crippen molar-refractivity contribution in [2.75, 3.05) is 26.2 Å². The van der Waals surface area contributed by atoms with Crippen LogP contribution < -0.4 is 0 Å². The maximum absolute atomic E-state index is 13.5. The normalized spacial score (nSPS) is 37.1. The molecule has 4 bridgehead atoms. The molecule has 28 heavy (non-hydrogen) atoms. The maximum Gasteiger partial charge on any atom is 0.229 e. The summed E-state index contributed by atoms with van der Waals surface area (Å²) in [6.45, 7) is 4.20. The lowest BCUT2D eigenvalue weighted by molar-refractivity contribution is -0.187. The van der Waals surface area contributed by atoms with Gasteiger partial charge in [0.15, 0.2) is 0 Å². The van der Waals surface area contributed by atoms with Crippen molar-refractivity contribution in [1.29, 1.82) is 5.26 Å². The smallest absolute Gasteiger partial charge is 0.229 e. The fourth-order valence-corrected chi connectivity index (χ4v) is 6.85. The third-order valence-corrected chi connectivity index (χ3v) is 7.63. The predicted molar refractivity (Wildman–Crippen MR) is 105 cm³/mol. The second-order valence-electron chi connectivity index (χ2n) is 9.84. The van der Waals surface area contributed by atoms with Crippen molar-refractivity contribution < 1.29 is 9.90 Å². The molecule has 1 aromatic carbocycles. The van der Waals surface area contributed by atoms with E-state index in [4.69, 9.17) is 5.26 Å². The number of nitriles is 1. The largest absolute Gasteiger partial charge is 0.390 e. The number of hydrogen-bond acceptors (Lipinski definition) is 4. The predicted octanol–water partition coefficient (Wildman–Crippen LogP) is 2.53. The first-order valence-corrected chi connectivity index (χ1v) is 10.7. The molecule has 1 heterocycles. The van der Waals surface area contributed by atoms with Gasteiger partial charge in [-0.05, 0) is 68.1 Å². The maximum atomic E-state index is 13.5. The fraction of sp³-hybridized carbons (Fsp3) is 0.652. The van der Waals surface area contributed by atoms with Gasteiger partial charge in [0.25, 0.3) is 0 Å². The second-order valence-corrected chi connectivity index (χ2v) is 9.84. The first kappa shape index (κ1) is 18.1. The molecule has 2 atom stereocenters. The molecule has 6 rings (SSSR count). The summed E-state index contributed by atoms with van der Waals surface area (Å²) in [5.41, 5.74) is 1.05. The van der Waals surface area contributed by atoms with Crippen molar-refractivity contribution in [3.8, 4) is 6.07 Å². The Morgan fingerprint density at radius 1 is 1.07 bits per heavy atom. The molecule has 1 aliphatic heterocycles. The first-order chi connectivity index (χ1) is 13.5. The number of benzene rings is 1. The lowest BCUT2D eigenvalue weighted by Gasteiger charge is -2.60. The van der Waals surface area contributed by atoms with Crippen LogP contribution in [0.25, 0.3) is 0 Å². The van der Waals surface area contributed by atoms with Crippen molar-refractivity contribution >= 4 is 5.91 Å². The fourth-order valence-electron chi connectivity index (χ4n) is 6.85. The van der Waals surface area contributed by atoms with E-state index < -0.39 is 5.60 Å². The van der Waals surface area contributed by atoms with E-state index >= 15 is 0 Å². The van der Waals surface area contributed by atoms with Crippen LogP contribution in [-0.2, 0) is 11.3 Å². The van der Waals surface area contributed by atoms with Crippen LogP contribution in [0.1, 0.15) is 49.7 Å². The Labute approximate surface area is 166 Å². The number of carbonyl (C=O) groups excluding carboxylic acids is 1. The van der Waals surface area contributed by atoms with Crippen LogP contribution in [0, 0.1) is 28.6 Å². The zero-order valence-electron chi connectivity index (χ0n) is 16.4. The molecule has 1 amide bonds. The Balaban J connectivity index is 1.21. The van der Waals surface area contributed by atoms with E-state index in [2.05, 4.69) is 15.9 Å². The van der Waals surface area contributed by atoms with E-state index in [1.54, 1.807) is 0 Å². The molecule has 0 radical (unpaired) electrons. The summed E-state index contributed by atoms with van der Waals surface area (Å²) in [5.74, 6) is 1.42. The number of aliphatic hydroxyl groups is 1. The molecule has 0 spiro atoms. The molecule has 1 N–H and O–H groups in total. The highest BCUT2D eigenvalue weighted by atomic mass is 16.3. The molecule has 1 aromatic rings. The Kier molecular flexibility index (Phi) is 4.26. The van der Waals surface area contributed by atoms with Crippen LogP contribution in [0.2, 0.25) is 0 Å². The molecule has 1 saturated heterocycles. The van der Waals surface area contributed by atoms with E-state index in [1.165, 1.54) is 12.0 Å². The minimum absolute atomic E-state index is 0.284. The highest BCUT2D eigenvalue weighted by molar-refractivity contribution is 5.83. The highest BCUT2D eigenvalue weighted by Crippen LogP contribution is 2.62. The lowest BCUT2D eigenvalue weighted by atomic mass is 9.47. The monoisotopic (exact) mass is 379 g/mol. The molecule has 5 fully saturated rings. The van der Waals surface area contributed by atoms with Gasteiger partial charge in [-0.1, -0.05) is 12.1 Å². The average molecular weight is 380 g/mol. The molecule has 2 unspecified atom stereocenters. The van der Waals surface area contributed by atoms with Gasteiger partial charge in [0.1, 0.15) is 0 Å². The molecule has 0 aromatic heterocycles. The average Bonchev–Trinajstić information content (AvgIpc) is 2.67. The van der Waals surface area contributed by atoms with Crippen LogP contribution in [0.5, 0.6) is 0 Å². The van der Waals surface area contributed by atoms with Gasteiger partial charge in [0.2, 0.25) is 5.91 Å². The molecular formula is C23H29N3O2. The molecule has 4 saturated carbocycles. The van der Waals surface area contributed by atoms with Crippen LogP contribution in [0.4, 0.5) is 0 Å². The van der Waals surface area contributed by atoms with Gasteiger partial charge in [-0.2, -0.15) is 5.26 Å². The minimum Gasteiger partial charge on any atom is -0.390 e. The summed E-state index contributed by atoms with van der Waals surface area (Å²) in [7, 11) is 0. The standard InChI is InChI=1S/C23H29N3O2/c24-14-17-1-3-18(4-2-17)15-25-5-7-26(8-6-25)21(27)22-10-19-9-20(11-22)13-23(28,12-19)16-22/h1-4,19-20,28H,5-13,15-16H2. The Bertz CT molecular complexity index is 790. The summed E-state index contributed by atoms with van der Waals surface area (Å²) in [5, 5.41) is 19.9. The summed E-state index contributed by atoms with van der Waals surface area (Å²) in [6, 6.07) is 9.93. The van der Waals surface area contributed by atoms with E-state index in [1.807, 2.05) is 24.3 Å². The first-order valence-electron chi connectivity index (χ1n) is 10.7. The number of amides is 1. The van der Waals surface area contributed by atoms with E-state index in [9.17, 15) is 9.90 Å². The van der Waals surface area contributed by atoms with Crippen LogP contribution in [0.15, 0.2) is 24.3 Å². The number of carbonyl (C=O) groups is 1. The quantitative estimate of drug-likeness (QED) is 0.876. The zero-order valence-corrected chi connectivity index (χ0v) is 16.4. The summed E-state index contributed by atoms with van der Waals surface area (Å²) >= 11 is 0. The number of hydrogen-bond donors (Lipinski definition) is 1. The van der Waals surface area contributed by atoms with Gasteiger partial charge in [-0.3, -0.25) is 9.69 Å². The topological polar surface area (TPSA) is 67.6 Å². The van der Waals surface area contributed by atoms with Gasteiger partial charge >= 0.3 is 0 Å². The molecule has 5 heteroatoms. The van der Waals surface area contributed by atoms with Gasteiger partial charge in [0, 0.05) is 32.7 Å². The highest BCUT2D eigenvalue weighted by Gasteiger charge is 2.60. The molecule has 148 valence electrons. The summed E-state index contributed by atoms with van der Waals surface area (Å²) in [4.78, 5) is 18.0. The lowest BCUT2D eigenvalue weighted by Crippen LogP contribution is -2.62.